The van der Waals surface area contributed by atoms with Crippen LogP contribution < -0.4 is 0 Å². The van der Waals surface area contributed by atoms with E-state index < -0.39 is 15.4 Å². The minimum Gasteiger partial charge on any atom is -0.390 e. The second kappa shape index (κ2) is 6.16. The number of sulfone groups is 1. The molecule has 4 nitrogen and oxygen atoms in total. The molecule has 1 heterocycles. The highest BCUT2D eigenvalue weighted by Gasteiger charge is 2.25. The van der Waals surface area contributed by atoms with Gasteiger partial charge in [-0.15, -0.1) is 0 Å². The van der Waals surface area contributed by atoms with Gasteiger partial charge < -0.3 is 10.0 Å². The van der Waals surface area contributed by atoms with Crippen LogP contribution in [-0.2, 0) is 9.84 Å². The molecule has 0 saturated carbocycles. The lowest BCUT2D eigenvalue weighted by atomic mass is 9.98. The average molecular weight is 263 g/mol. The van der Waals surface area contributed by atoms with Crippen LogP contribution >= 0.6 is 0 Å². The molecule has 5 heteroatoms. The van der Waals surface area contributed by atoms with E-state index in [0.717, 1.165) is 32.4 Å². The van der Waals surface area contributed by atoms with Gasteiger partial charge in [0.25, 0.3) is 0 Å². The minimum absolute atomic E-state index is 0.253. The van der Waals surface area contributed by atoms with Crippen molar-refractivity contribution in [2.75, 3.05) is 31.1 Å². The van der Waals surface area contributed by atoms with Gasteiger partial charge in [-0.05, 0) is 39.2 Å². The molecule has 1 unspecified atom stereocenters. The predicted molar refractivity (Wildman–Crippen MR) is 69.9 cm³/mol. The number of likely N-dealkylation sites (tertiary alicyclic amines) is 1. The van der Waals surface area contributed by atoms with Crippen LogP contribution in [-0.4, -0.2) is 55.2 Å². The Balaban J connectivity index is 2.38. The molecule has 1 aliphatic heterocycles. The third-order valence-corrected chi connectivity index (χ3v) is 5.22. The van der Waals surface area contributed by atoms with Crippen molar-refractivity contribution in [2.24, 2.45) is 0 Å². The van der Waals surface area contributed by atoms with Gasteiger partial charge in [-0.25, -0.2) is 8.42 Å². The molecule has 102 valence electrons. The van der Waals surface area contributed by atoms with Crippen LogP contribution in [0, 0.1) is 0 Å². The normalized spacial score (nSPS) is 27.9. The van der Waals surface area contributed by atoms with Crippen molar-refractivity contribution >= 4 is 9.84 Å². The summed E-state index contributed by atoms with van der Waals surface area (Å²) in [4.78, 5) is 2.16. The monoisotopic (exact) mass is 263 g/mol. The van der Waals surface area contributed by atoms with Crippen LogP contribution in [0.5, 0.6) is 0 Å². The van der Waals surface area contributed by atoms with E-state index in [4.69, 9.17) is 0 Å². The Bertz CT molecular complexity index is 325. The zero-order valence-electron chi connectivity index (χ0n) is 11.0. The Hall–Kier alpha value is -0.130. The third kappa shape index (κ3) is 5.84. The molecule has 0 amide bonds. The number of hydrogen-bond acceptors (Lipinski definition) is 4. The maximum Gasteiger partial charge on any atom is 0.151 e. The van der Waals surface area contributed by atoms with Crippen molar-refractivity contribution < 1.29 is 13.5 Å². The molecule has 17 heavy (non-hydrogen) atoms. The van der Waals surface area contributed by atoms with Gasteiger partial charge in [0.15, 0.2) is 9.84 Å². The SMILES string of the molecule is CCCS(=O)(=O)CCN1CCCC(C)(O)CC1. The molecular formula is C12H25NO3S. The quantitative estimate of drug-likeness (QED) is 0.805. The molecule has 1 saturated heterocycles. The topological polar surface area (TPSA) is 57.6 Å². The average Bonchev–Trinajstić information content (AvgIpc) is 2.37. The highest BCUT2D eigenvalue weighted by Crippen LogP contribution is 2.21. The van der Waals surface area contributed by atoms with Gasteiger partial charge in [0.05, 0.1) is 11.4 Å². The summed E-state index contributed by atoms with van der Waals surface area (Å²) in [7, 11) is -2.88. The molecule has 0 aromatic rings. The summed E-state index contributed by atoms with van der Waals surface area (Å²) in [5.41, 5.74) is -0.572. The largest absolute Gasteiger partial charge is 0.390 e. The van der Waals surface area contributed by atoms with E-state index in [1.807, 2.05) is 13.8 Å². The second-order valence-electron chi connectivity index (χ2n) is 5.34. The third-order valence-electron chi connectivity index (χ3n) is 3.39. The van der Waals surface area contributed by atoms with E-state index in [0.29, 0.717) is 18.7 Å². The fourth-order valence-corrected chi connectivity index (χ4v) is 3.59. The molecule has 0 aliphatic carbocycles. The first kappa shape index (κ1) is 14.9. The second-order valence-corrected chi connectivity index (χ2v) is 7.65. The summed E-state index contributed by atoms with van der Waals surface area (Å²) in [5, 5.41) is 9.94. The maximum absolute atomic E-state index is 11.6. The van der Waals surface area contributed by atoms with Crippen LogP contribution in [0.15, 0.2) is 0 Å². The Morgan fingerprint density at radius 1 is 1.24 bits per heavy atom. The van der Waals surface area contributed by atoms with Crippen molar-refractivity contribution in [3.8, 4) is 0 Å². The van der Waals surface area contributed by atoms with E-state index >= 15 is 0 Å². The van der Waals surface area contributed by atoms with E-state index in [2.05, 4.69) is 4.90 Å². The Kier molecular flexibility index (Phi) is 5.41. The van der Waals surface area contributed by atoms with Gasteiger partial charge >= 0.3 is 0 Å². The van der Waals surface area contributed by atoms with Crippen molar-refractivity contribution in [2.45, 2.75) is 45.1 Å². The molecule has 0 bridgehead atoms. The van der Waals surface area contributed by atoms with Gasteiger partial charge in [-0.2, -0.15) is 0 Å². The zero-order chi connectivity index (χ0) is 12.9. The molecule has 0 aromatic heterocycles. The highest BCUT2D eigenvalue weighted by atomic mass is 32.2. The van der Waals surface area contributed by atoms with E-state index in [-0.39, 0.29) is 5.75 Å². The summed E-state index contributed by atoms with van der Waals surface area (Å²) in [6.45, 7) is 6.07. The standard InChI is InChI=1S/C12H25NO3S/c1-3-10-17(15,16)11-9-13-7-4-5-12(2,14)6-8-13/h14H,3-11H2,1-2H3. The molecule has 0 aromatic carbocycles. The molecule has 1 atom stereocenters. The summed E-state index contributed by atoms with van der Waals surface area (Å²) in [5.74, 6) is 0.543. The molecular weight excluding hydrogens is 238 g/mol. The Morgan fingerprint density at radius 3 is 2.59 bits per heavy atom. The first-order valence-corrected chi connectivity index (χ1v) is 8.32. The first-order chi connectivity index (χ1) is 7.85. The number of rotatable bonds is 5. The van der Waals surface area contributed by atoms with Gasteiger partial charge in [0.1, 0.15) is 0 Å². The van der Waals surface area contributed by atoms with Gasteiger partial charge in [0.2, 0.25) is 0 Å². The van der Waals surface area contributed by atoms with Gasteiger partial charge in [0, 0.05) is 18.8 Å². The highest BCUT2D eigenvalue weighted by molar-refractivity contribution is 7.91. The lowest BCUT2D eigenvalue weighted by molar-refractivity contribution is 0.0448. The zero-order valence-corrected chi connectivity index (χ0v) is 11.8. The summed E-state index contributed by atoms with van der Waals surface area (Å²) >= 11 is 0. The minimum atomic E-state index is -2.88. The molecule has 0 radical (unpaired) electrons. The van der Waals surface area contributed by atoms with Crippen LogP contribution in [0.2, 0.25) is 0 Å². The van der Waals surface area contributed by atoms with E-state index in [1.165, 1.54) is 0 Å². The molecule has 1 aliphatic rings. The fraction of sp³-hybridized carbons (Fsp3) is 1.00. The van der Waals surface area contributed by atoms with Gasteiger partial charge in [-0.3, -0.25) is 0 Å². The summed E-state index contributed by atoms with van der Waals surface area (Å²) < 4.78 is 23.2. The molecule has 0 spiro atoms. The van der Waals surface area contributed by atoms with Crippen molar-refractivity contribution in [3.05, 3.63) is 0 Å². The summed E-state index contributed by atoms with van der Waals surface area (Å²) in [6, 6.07) is 0. The van der Waals surface area contributed by atoms with Crippen molar-refractivity contribution in [3.63, 3.8) is 0 Å². The molecule has 1 fully saturated rings. The predicted octanol–water partition coefficient (Wildman–Crippen LogP) is 1.05. The first-order valence-electron chi connectivity index (χ1n) is 6.50. The lowest BCUT2D eigenvalue weighted by Crippen LogP contribution is -2.32. The van der Waals surface area contributed by atoms with Crippen LogP contribution in [0.25, 0.3) is 0 Å². The van der Waals surface area contributed by atoms with E-state index in [9.17, 15) is 13.5 Å². The Morgan fingerprint density at radius 2 is 1.94 bits per heavy atom. The lowest BCUT2D eigenvalue weighted by Gasteiger charge is -2.22. The molecule has 1 N–H and O–H groups in total. The maximum atomic E-state index is 11.6. The Labute approximate surface area is 105 Å². The van der Waals surface area contributed by atoms with Crippen molar-refractivity contribution in [1.29, 1.82) is 0 Å². The number of nitrogens with zero attached hydrogens (tertiary/aromatic N) is 1. The smallest absolute Gasteiger partial charge is 0.151 e. The van der Waals surface area contributed by atoms with Crippen LogP contribution in [0.3, 0.4) is 0 Å². The molecule has 1 rings (SSSR count). The number of hydrogen-bond donors (Lipinski definition) is 1. The fourth-order valence-electron chi connectivity index (χ4n) is 2.22. The van der Waals surface area contributed by atoms with Gasteiger partial charge in [-0.1, -0.05) is 6.92 Å². The van der Waals surface area contributed by atoms with E-state index in [1.54, 1.807) is 0 Å². The summed E-state index contributed by atoms with van der Waals surface area (Å²) in [6.07, 6.45) is 3.18. The van der Waals surface area contributed by atoms with Crippen LogP contribution in [0.4, 0.5) is 0 Å². The van der Waals surface area contributed by atoms with Crippen LogP contribution in [0.1, 0.15) is 39.5 Å². The number of aliphatic hydroxyl groups is 1. The van der Waals surface area contributed by atoms with Crippen molar-refractivity contribution in [1.82, 2.24) is 4.90 Å².